The average molecular weight is 267 g/mol. The number of anilines is 1. The number of nitrogen functional groups attached to an aromatic ring is 1. The fourth-order valence-corrected chi connectivity index (χ4v) is 2.02. The van der Waals surface area contributed by atoms with Crippen LogP contribution in [0, 0.1) is 0 Å². The van der Waals surface area contributed by atoms with Crippen molar-refractivity contribution in [3.63, 3.8) is 0 Å². The van der Waals surface area contributed by atoms with Crippen molar-refractivity contribution < 1.29 is 9.53 Å². The van der Waals surface area contributed by atoms with Crippen LogP contribution in [0.3, 0.4) is 0 Å². The van der Waals surface area contributed by atoms with Crippen LogP contribution in [0.2, 0.25) is 0 Å². The summed E-state index contributed by atoms with van der Waals surface area (Å²) >= 11 is 0. The molecule has 0 radical (unpaired) electrons. The molecule has 2 aromatic carbocycles. The molecule has 0 atom stereocenters. The molecule has 0 aliphatic rings. The first-order valence-electron chi connectivity index (χ1n) is 6.20. The number of ether oxygens (including phenoxy) is 1. The summed E-state index contributed by atoms with van der Waals surface area (Å²) in [6.45, 7) is 0.200. The summed E-state index contributed by atoms with van der Waals surface area (Å²) in [5.41, 5.74) is 8.00. The molecular weight excluding hydrogens is 254 g/mol. The second-order valence-electron chi connectivity index (χ2n) is 4.33. The first-order chi connectivity index (χ1) is 9.75. The van der Waals surface area contributed by atoms with Crippen LogP contribution in [-0.2, 0) is 11.3 Å². The minimum atomic E-state index is -0.528. The Labute approximate surface area is 115 Å². The predicted molar refractivity (Wildman–Crippen MR) is 76.2 cm³/mol. The van der Waals surface area contributed by atoms with E-state index in [1.54, 1.807) is 12.1 Å². The molecular formula is C15H13N3O2. The van der Waals surface area contributed by atoms with E-state index in [0.29, 0.717) is 11.0 Å². The second kappa shape index (κ2) is 5.05. The molecule has 0 aliphatic carbocycles. The van der Waals surface area contributed by atoms with Crippen LogP contribution < -0.4 is 5.73 Å². The molecule has 0 amide bonds. The molecule has 2 N–H and O–H groups in total. The van der Waals surface area contributed by atoms with Crippen LogP contribution in [0.5, 0.6) is 0 Å². The maximum absolute atomic E-state index is 12.1. The van der Waals surface area contributed by atoms with Gasteiger partial charge >= 0.3 is 6.09 Å². The van der Waals surface area contributed by atoms with Gasteiger partial charge in [-0.3, -0.25) is 0 Å². The number of fused-ring (bicyclic) bond motifs is 1. The van der Waals surface area contributed by atoms with Gasteiger partial charge in [0.25, 0.3) is 0 Å². The lowest BCUT2D eigenvalue weighted by Crippen LogP contribution is -2.15. The van der Waals surface area contributed by atoms with Gasteiger partial charge in [-0.15, -0.1) is 0 Å². The molecule has 0 unspecified atom stereocenters. The second-order valence-corrected chi connectivity index (χ2v) is 4.33. The smallest absolute Gasteiger partial charge is 0.421 e. The first kappa shape index (κ1) is 12.2. The van der Waals surface area contributed by atoms with E-state index in [1.807, 2.05) is 42.5 Å². The summed E-state index contributed by atoms with van der Waals surface area (Å²) < 4.78 is 6.54. The summed E-state index contributed by atoms with van der Waals surface area (Å²) in [5, 5.41) is 0. The molecule has 0 fully saturated rings. The van der Waals surface area contributed by atoms with E-state index in [9.17, 15) is 4.79 Å². The third-order valence-corrected chi connectivity index (χ3v) is 2.97. The quantitative estimate of drug-likeness (QED) is 0.775. The van der Waals surface area contributed by atoms with Crippen molar-refractivity contribution in [2.24, 2.45) is 0 Å². The predicted octanol–water partition coefficient (Wildman–Crippen LogP) is 2.80. The zero-order chi connectivity index (χ0) is 13.9. The topological polar surface area (TPSA) is 70.1 Å². The summed E-state index contributed by atoms with van der Waals surface area (Å²) in [4.78, 5) is 16.3. The summed E-state index contributed by atoms with van der Waals surface area (Å²) in [6.07, 6.45) is -0.528. The first-order valence-corrected chi connectivity index (χ1v) is 6.20. The third kappa shape index (κ3) is 2.21. The number of para-hydroxylation sites is 2. The standard InChI is InChI=1S/C15H13N3O2/c16-14-17-12-8-4-5-9-13(12)18(14)15(19)20-10-11-6-2-1-3-7-11/h1-9H,10H2,(H2,16,17). The number of nitrogens with two attached hydrogens (primary N) is 1. The Morgan fingerprint density at radius 2 is 1.80 bits per heavy atom. The Kier molecular flexibility index (Phi) is 3.09. The van der Waals surface area contributed by atoms with Crippen LogP contribution in [0.1, 0.15) is 5.56 Å². The zero-order valence-electron chi connectivity index (χ0n) is 10.7. The monoisotopic (exact) mass is 267 g/mol. The van der Waals surface area contributed by atoms with Gasteiger partial charge in [-0.1, -0.05) is 42.5 Å². The van der Waals surface area contributed by atoms with Gasteiger partial charge in [-0.2, -0.15) is 0 Å². The van der Waals surface area contributed by atoms with Crippen LogP contribution in [0.15, 0.2) is 54.6 Å². The molecule has 0 saturated heterocycles. The van der Waals surface area contributed by atoms with Crippen molar-refractivity contribution in [3.8, 4) is 0 Å². The van der Waals surface area contributed by atoms with Crippen molar-refractivity contribution >= 4 is 23.1 Å². The number of aromatic nitrogens is 2. The summed E-state index contributed by atoms with van der Waals surface area (Å²) in [6, 6.07) is 16.7. The molecule has 100 valence electrons. The molecule has 3 rings (SSSR count). The molecule has 0 bridgehead atoms. The number of benzene rings is 2. The van der Waals surface area contributed by atoms with Crippen molar-refractivity contribution in [3.05, 3.63) is 60.2 Å². The number of imidazole rings is 1. The van der Waals surface area contributed by atoms with Gasteiger partial charge in [-0.05, 0) is 17.7 Å². The summed E-state index contributed by atoms with van der Waals surface area (Å²) in [5.74, 6) is 0.129. The Hall–Kier alpha value is -2.82. The van der Waals surface area contributed by atoms with E-state index in [0.717, 1.165) is 5.56 Å². The van der Waals surface area contributed by atoms with Crippen molar-refractivity contribution in [2.75, 3.05) is 5.73 Å². The van der Waals surface area contributed by atoms with Crippen molar-refractivity contribution in [1.29, 1.82) is 0 Å². The van der Waals surface area contributed by atoms with E-state index in [2.05, 4.69) is 4.98 Å². The number of rotatable bonds is 2. The lowest BCUT2D eigenvalue weighted by Gasteiger charge is -2.07. The molecule has 5 heteroatoms. The summed E-state index contributed by atoms with van der Waals surface area (Å²) in [7, 11) is 0. The van der Waals surface area contributed by atoms with Gasteiger partial charge in [-0.25, -0.2) is 14.3 Å². The highest BCUT2D eigenvalue weighted by atomic mass is 16.5. The van der Waals surface area contributed by atoms with Gasteiger partial charge in [0.2, 0.25) is 5.95 Å². The van der Waals surface area contributed by atoms with Crippen molar-refractivity contribution in [1.82, 2.24) is 9.55 Å². The molecule has 3 aromatic rings. The van der Waals surface area contributed by atoms with Crippen LogP contribution in [0.4, 0.5) is 10.7 Å². The van der Waals surface area contributed by atoms with E-state index in [4.69, 9.17) is 10.5 Å². The van der Waals surface area contributed by atoms with Gasteiger partial charge in [0.1, 0.15) is 6.61 Å². The van der Waals surface area contributed by atoms with Crippen molar-refractivity contribution in [2.45, 2.75) is 6.61 Å². The molecule has 0 aliphatic heterocycles. The fraction of sp³-hybridized carbons (Fsp3) is 0.0667. The lowest BCUT2D eigenvalue weighted by molar-refractivity contribution is 0.143. The minimum Gasteiger partial charge on any atom is -0.444 e. The molecule has 1 aromatic heterocycles. The number of carbonyl (C=O) groups excluding carboxylic acids is 1. The number of hydrogen-bond donors (Lipinski definition) is 1. The largest absolute Gasteiger partial charge is 0.444 e. The van der Waals surface area contributed by atoms with Gasteiger partial charge in [0, 0.05) is 0 Å². The molecule has 5 nitrogen and oxygen atoms in total. The van der Waals surface area contributed by atoms with Crippen LogP contribution in [-0.4, -0.2) is 15.6 Å². The highest BCUT2D eigenvalue weighted by molar-refractivity contribution is 5.90. The Morgan fingerprint density at radius 3 is 2.60 bits per heavy atom. The van der Waals surface area contributed by atoms with E-state index < -0.39 is 6.09 Å². The maximum atomic E-state index is 12.1. The zero-order valence-corrected chi connectivity index (χ0v) is 10.7. The normalized spacial score (nSPS) is 10.6. The average Bonchev–Trinajstić information content (AvgIpc) is 2.82. The molecule has 0 saturated carbocycles. The number of nitrogens with zero attached hydrogens (tertiary/aromatic N) is 2. The lowest BCUT2D eigenvalue weighted by atomic mass is 10.2. The third-order valence-electron chi connectivity index (χ3n) is 2.97. The molecule has 0 spiro atoms. The SMILES string of the molecule is Nc1nc2ccccc2n1C(=O)OCc1ccccc1. The highest BCUT2D eigenvalue weighted by Crippen LogP contribution is 2.17. The van der Waals surface area contributed by atoms with Gasteiger partial charge in [0.05, 0.1) is 11.0 Å². The fourth-order valence-electron chi connectivity index (χ4n) is 2.02. The van der Waals surface area contributed by atoms with E-state index >= 15 is 0 Å². The Bertz CT molecular complexity index is 750. The number of hydrogen-bond acceptors (Lipinski definition) is 4. The molecule has 1 heterocycles. The highest BCUT2D eigenvalue weighted by Gasteiger charge is 2.15. The van der Waals surface area contributed by atoms with Crippen LogP contribution in [0.25, 0.3) is 11.0 Å². The Morgan fingerprint density at radius 1 is 1.10 bits per heavy atom. The Balaban J connectivity index is 1.84. The molecule has 20 heavy (non-hydrogen) atoms. The van der Waals surface area contributed by atoms with E-state index in [1.165, 1.54) is 4.57 Å². The maximum Gasteiger partial charge on any atom is 0.421 e. The van der Waals surface area contributed by atoms with Crippen LogP contribution >= 0.6 is 0 Å². The minimum absolute atomic E-state index is 0.129. The van der Waals surface area contributed by atoms with Gasteiger partial charge < -0.3 is 10.5 Å². The van der Waals surface area contributed by atoms with Gasteiger partial charge in [0.15, 0.2) is 0 Å². The van der Waals surface area contributed by atoms with E-state index in [-0.39, 0.29) is 12.6 Å². The number of carbonyl (C=O) groups is 1.